The highest BCUT2D eigenvalue weighted by atomic mass is 16.5. The van der Waals surface area contributed by atoms with Crippen LogP contribution in [0.1, 0.15) is 23.4 Å². The Bertz CT molecular complexity index is 323. The van der Waals surface area contributed by atoms with Crippen LogP contribution in [0.25, 0.3) is 5.76 Å². The fraction of sp³-hybridized carbons (Fsp3) is 0.400. The molecule has 2 rings (SSSR count). The Morgan fingerprint density at radius 2 is 2.33 bits per heavy atom. The van der Waals surface area contributed by atoms with Gasteiger partial charge in [0.1, 0.15) is 5.76 Å². The lowest BCUT2D eigenvalue weighted by Gasteiger charge is -2.11. The van der Waals surface area contributed by atoms with Crippen LogP contribution in [-0.4, -0.2) is 12.1 Å². The van der Waals surface area contributed by atoms with Gasteiger partial charge in [-0.05, 0) is 31.9 Å². The molecule has 1 aliphatic carbocycles. The molecule has 1 heterocycles. The van der Waals surface area contributed by atoms with Gasteiger partial charge < -0.3 is 9.72 Å². The Hall–Kier alpha value is -1.18. The number of rotatable bonds is 1. The fourth-order valence-corrected chi connectivity index (χ4v) is 1.71. The van der Waals surface area contributed by atoms with Gasteiger partial charge in [0.2, 0.25) is 0 Å². The van der Waals surface area contributed by atoms with Gasteiger partial charge in [-0.15, -0.1) is 0 Å². The Balaban J connectivity index is 2.47. The molecule has 1 aliphatic rings. The van der Waals surface area contributed by atoms with Crippen molar-refractivity contribution in [3.8, 4) is 0 Å². The molecule has 0 saturated carbocycles. The highest BCUT2D eigenvalue weighted by molar-refractivity contribution is 5.64. The molecule has 1 aromatic rings. The number of ether oxygens (including phenoxy) is 1. The minimum Gasteiger partial charge on any atom is -0.496 e. The van der Waals surface area contributed by atoms with E-state index in [2.05, 4.69) is 24.1 Å². The number of H-pyrrole nitrogens is 1. The van der Waals surface area contributed by atoms with Crippen LogP contribution in [0.4, 0.5) is 0 Å². The van der Waals surface area contributed by atoms with Crippen LogP contribution in [0.2, 0.25) is 0 Å². The van der Waals surface area contributed by atoms with E-state index < -0.39 is 0 Å². The number of aryl methyl sites for hydroxylation is 2. The number of methoxy groups -OCH3 is 1. The maximum atomic E-state index is 5.27. The largest absolute Gasteiger partial charge is 0.496 e. The number of allylic oxidation sites excluding steroid dienone is 1. The summed E-state index contributed by atoms with van der Waals surface area (Å²) in [5, 5.41) is 0. The van der Waals surface area contributed by atoms with Crippen LogP contribution in [0.5, 0.6) is 0 Å². The van der Waals surface area contributed by atoms with Crippen molar-refractivity contribution in [1.82, 2.24) is 4.98 Å². The molecule has 0 radical (unpaired) electrons. The van der Waals surface area contributed by atoms with Gasteiger partial charge in [-0.3, -0.25) is 0 Å². The molecule has 0 aliphatic heterocycles. The molecule has 1 N–H and O–H groups in total. The van der Waals surface area contributed by atoms with E-state index in [0.717, 1.165) is 18.6 Å². The van der Waals surface area contributed by atoms with Crippen molar-refractivity contribution in [2.75, 3.05) is 7.11 Å². The first-order chi connectivity index (χ1) is 5.81. The van der Waals surface area contributed by atoms with Crippen molar-refractivity contribution in [3.05, 3.63) is 29.1 Å². The van der Waals surface area contributed by atoms with Crippen molar-refractivity contribution >= 4 is 5.76 Å². The zero-order valence-corrected chi connectivity index (χ0v) is 7.48. The molecule has 0 fully saturated rings. The van der Waals surface area contributed by atoms with Gasteiger partial charge in [-0.2, -0.15) is 0 Å². The highest BCUT2D eigenvalue weighted by Crippen LogP contribution is 2.26. The van der Waals surface area contributed by atoms with E-state index in [0.29, 0.717) is 0 Å². The smallest absolute Gasteiger partial charge is 0.123 e. The van der Waals surface area contributed by atoms with Crippen LogP contribution < -0.4 is 0 Å². The predicted octanol–water partition coefficient (Wildman–Crippen LogP) is 2.26. The van der Waals surface area contributed by atoms with Gasteiger partial charge >= 0.3 is 0 Å². The Kier molecular flexibility index (Phi) is 1.68. The second kappa shape index (κ2) is 2.70. The van der Waals surface area contributed by atoms with E-state index in [-0.39, 0.29) is 0 Å². The van der Waals surface area contributed by atoms with Gasteiger partial charge in [-0.1, -0.05) is 0 Å². The number of fused-ring (bicyclic) bond motifs is 1. The van der Waals surface area contributed by atoms with E-state index in [1.807, 2.05) is 0 Å². The minimum atomic E-state index is 1.01. The van der Waals surface area contributed by atoms with Crippen LogP contribution in [0.15, 0.2) is 12.1 Å². The summed E-state index contributed by atoms with van der Waals surface area (Å²) in [4.78, 5) is 3.34. The molecule has 12 heavy (non-hydrogen) atoms. The number of nitrogens with one attached hydrogen (secondary N) is 1. The van der Waals surface area contributed by atoms with Crippen molar-refractivity contribution in [2.45, 2.75) is 19.8 Å². The second-order valence-electron chi connectivity index (χ2n) is 3.16. The van der Waals surface area contributed by atoms with Crippen molar-refractivity contribution in [1.29, 1.82) is 0 Å². The molecule has 2 heteroatoms. The van der Waals surface area contributed by atoms with Crippen molar-refractivity contribution < 1.29 is 4.74 Å². The first kappa shape index (κ1) is 7.47. The maximum absolute atomic E-state index is 5.27. The summed E-state index contributed by atoms with van der Waals surface area (Å²) in [6.45, 7) is 2.08. The summed E-state index contributed by atoms with van der Waals surface area (Å²) in [5.41, 5.74) is 3.76. The molecule has 0 unspecified atom stereocenters. The molecule has 0 aromatic carbocycles. The molecule has 2 nitrogen and oxygen atoms in total. The van der Waals surface area contributed by atoms with Crippen LogP contribution >= 0.6 is 0 Å². The average molecular weight is 163 g/mol. The minimum absolute atomic E-state index is 1.01. The second-order valence-corrected chi connectivity index (χ2v) is 3.16. The third kappa shape index (κ3) is 1.04. The summed E-state index contributed by atoms with van der Waals surface area (Å²) in [5.74, 6) is 1.01. The van der Waals surface area contributed by atoms with Crippen molar-refractivity contribution in [2.24, 2.45) is 0 Å². The molecule has 64 valence electrons. The number of aromatic nitrogens is 1. The van der Waals surface area contributed by atoms with E-state index >= 15 is 0 Å². The van der Waals surface area contributed by atoms with E-state index in [9.17, 15) is 0 Å². The molecular weight excluding hydrogens is 150 g/mol. The SMILES string of the molecule is COC1=CCCc2[nH]c(C)cc21. The van der Waals surface area contributed by atoms with Crippen LogP contribution in [-0.2, 0) is 11.2 Å². The molecular formula is C10H13NO. The van der Waals surface area contributed by atoms with Gasteiger partial charge in [0.05, 0.1) is 7.11 Å². The quantitative estimate of drug-likeness (QED) is 0.675. The summed E-state index contributed by atoms with van der Waals surface area (Å²) < 4.78 is 5.27. The Morgan fingerprint density at radius 1 is 1.50 bits per heavy atom. The molecule has 0 atom stereocenters. The first-order valence-corrected chi connectivity index (χ1v) is 4.24. The topological polar surface area (TPSA) is 25.0 Å². The summed E-state index contributed by atoms with van der Waals surface area (Å²) in [7, 11) is 1.73. The van der Waals surface area contributed by atoms with Crippen LogP contribution in [0.3, 0.4) is 0 Å². The van der Waals surface area contributed by atoms with E-state index in [4.69, 9.17) is 4.74 Å². The Labute approximate surface area is 72.2 Å². The normalized spacial score (nSPS) is 15.3. The van der Waals surface area contributed by atoms with Crippen LogP contribution in [0, 0.1) is 6.92 Å². The molecule has 1 aromatic heterocycles. The molecule has 0 amide bonds. The third-order valence-electron chi connectivity index (χ3n) is 2.24. The standard InChI is InChI=1S/C10H13NO/c1-7-6-8-9(11-7)4-3-5-10(8)12-2/h5-6,11H,3-4H2,1-2H3. The Morgan fingerprint density at radius 3 is 3.08 bits per heavy atom. The first-order valence-electron chi connectivity index (χ1n) is 4.24. The number of aromatic amines is 1. The third-order valence-corrected chi connectivity index (χ3v) is 2.24. The molecule has 0 bridgehead atoms. The average Bonchev–Trinajstić information content (AvgIpc) is 2.44. The summed E-state index contributed by atoms with van der Waals surface area (Å²) in [6.07, 6.45) is 4.34. The monoisotopic (exact) mass is 163 g/mol. The summed E-state index contributed by atoms with van der Waals surface area (Å²) >= 11 is 0. The van der Waals surface area contributed by atoms with Gasteiger partial charge in [0, 0.05) is 17.0 Å². The lowest BCUT2D eigenvalue weighted by molar-refractivity contribution is 0.366. The van der Waals surface area contributed by atoms with Gasteiger partial charge in [-0.25, -0.2) is 0 Å². The zero-order valence-electron chi connectivity index (χ0n) is 7.48. The molecule has 0 saturated heterocycles. The maximum Gasteiger partial charge on any atom is 0.123 e. The number of hydrogen-bond donors (Lipinski definition) is 1. The summed E-state index contributed by atoms with van der Waals surface area (Å²) in [6, 6.07) is 2.14. The van der Waals surface area contributed by atoms with Gasteiger partial charge in [0.15, 0.2) is 0 Å². The van der Waals surface area contributed by atoms with E-state index in [1.54, 1.807) is 7.11 Å². The highest BCUT2D eigenvalue weighted by Gasteiger charge is 2.14. The van der Waals surface area contributed by atoms with E-state index in [1.165, 1.54) is 17.0 Å². The fourth-order valence-electron chi connectivity index (χ4n) is 1.71. The number of hydrogen-bond acceptors (Lipinski definition) is 1. The molecule has 0 spiro atoms. The predicted molar refractivity (Wildman–Crippen MR) is 48.8 cm³/mol. The van der Waals surface area contributed by atoms with Crippen molar-refractivity contribution in [3.63, 3.8) is 0 Å². The van der Waals surface area contributed by atoms with Gasteiger partial charge in [0.25, 0.3) is 0 Å². The zero-order chi connectivity index (χ0) is 8.55. The lowest BCUT2D eigenvalue weighted by atomic mass is 10.0. The lowest BCUT2D eigenvalue weighted by Crippen LogP contribution is -1.98.